The molecule has 0 unspecified atom stereocenters. The first-order chi connectivity index (χ1) is 15.1. The van der Waals surface area contributed by atoms with Crippen LogP contribution in [0.15, 0.2) is 36.4 Å². The molecule has 1 aromatic heterocycles. The Labute approximate surface area is 185 Å². The molecule has 5 rings (SSSR count). The summed E-state index contributed by atoms with van der Waals surface area (Å²) in [4.78, 5) is 32.0. The average Bonchev–Trinajstić information content (AvgIpc) is 3.21. The lowest BCUT2D eigenvalue weighted by Gasteiger charge is -2.35. The highest BCUT2D eigenvalue weighted by Crippen LogP contribution is 2.48. The van der Waals surface area contributed by atoms with Crippen LogP contribution in [-0.4, -0.2) is 35.5 Å². The van der Waals surface area contributed by atoms with Crippen LogP contribution < -0.4 is 9.64 Å². The van der Waals surface area contributed by atoms with Crippen LogP contribution in [0.25, 0.3) is 10.9 Å². The molecular weight excluding hydrogens is 447 g/mol. The molecule has 0 aliphatic carbocycles. The van der Waals surface area contributed by atoms with Crippen LogP contribution in [0.3, 0.4) is 0 Å². The third-order valence-corrected chi connectivity index (χ3v) is 6.51. The third kappa shape index (κ3) is 2.67. The molecule has 32 heavy (non-hydrogen) atoms. The first-order valence-electron chi connectivity index (χ1n) is 9.79. The number of aromatic nitrogens is 1. The van der Waals surface area contributed by atoms with Crippen molar-refractivity contribution in [1.29, 1.82) is 0 Å². The van der Waals surface area contributed by atoms with Crippen LogP contribution in [0.5, 0.6) is 5.75 Å². The number of H-pyrrole nitrogens is 1. The molecule has 3 amide bonds. The zero-order valence-corrected chi connectivity index (χ0v) is 17.8. The van der Waals surface area contributed by atoms with Gasteiger partial charge in [0.15, 0.2) is 5.54 Å². The maximum absolute atomic E-state index is 13.7. The van der Waals surface area contributed by atoms with Crippen LogP contribution >= 0.6 is 11.6 Å². The van der Waals surface area contributed by atoms with E-state index in [0.29, 0.717) is 22.8 Å². The molecule has 2 aliphatic rings. The molecular formula is C22H17ClF3N3O3. The number of carbonyl (C=O) groups is 2. The minimum Gasteiger partial charge on any atom is -0.497 e. The van der Waals surface area contributed by atoms with Crippen molar-refractivity contribution in [3.05, 3.63) is 58.2 Å². The van der Waals surface area contributed by atoms with Crippen molar-refractivity contribution in [3.63, 3.8) is 0 Å². The van der Waals surface area contributed by atoms with Gasteiger partial charge in [0.05, 0.1) is 24.1 Å². The summed E-state index contributed by atoms with van der Waals surface area (Å²) < 4.78 is 46.4. The van der Waals surface area contributed by atoms with E-state index in [1.165, 1.54) is 11.0 Å². The van der Waals surface area contributed by atoms with E-state index in [1.54, 1.807) is 26.2 Å². The van der Waals surface area contributed by atoms with Crippen LogP contribution in [0.4, 0.5) is 23.7 Å². The smallest absolute Gasteiger partial charge is 0.418 e. The van der Waals surface area contributed by atoms with Crippen LogP contribution in [0.2, 0.25) is 5.02 Å². The summed E-state index contributed by atoms with van der Waals surface area (Å²) in [6, 6.07) is 7.61. The van der Waals surface area contributed by atoms with Crippen LogP contribution in [0.1, 0.15) is 23.7 Å². The van der Waals surface area contributed by atoms with Gasteiger partial charge in [0.2, 0.25) is 0 Å². The number of benzene rings is 2. The van der Waals surface area contributed by atoms with E-state index < -0.39 is 34.9 Å². The standard InChI is InChI=1S/C22H17ClF3N3O3/c1-21-18-13(14-10-12(32-2)4-5-16(14)27-18)7-8-28(21)20(31)29(19(21)30)17-6-3-11(23)9-15(17)22(24,25)26/h3-6,9-10,27H,7-8H2,1-2H3/t21-/m0/s1. The Balaban J connectivity index is 1.69. The molecule has 0 saturated carbocycles. The maximum Gasteiger partial charge on any atom is 0.418 e. The van der Waals surface area contributed by atoms with E-state index in [0.717, 1.165) is 28.6 Å². The second kappa shape index (κ2) is 6.65. The Bertz CT molecular complexity index is 1300. The number of halogens is 4. The highest BCUT2D eigenvalue weighted by molar-refractivity contribution is 6.31. The van der Waals surface area contributed by atoms with E-state index in [4.69, 9.17) is 16.3 Å². The number of methoxy groups -OCH3 is 1. The summed E-state index contributed by atoms with van der Waals surface area (Å²) in [5, 5.41) is 0.706. The molecule has 3 heterocycles. The molecule has 1 N–H and O–H groups in total. The van der Waals surface area contributed by atoms with Crippen molar-refractivity contribution in [2.75, 3.05) is 18.6 Å². The Morgan fingerprint density at radius 2 is 1.91 bits per heavy atom. The number of nitrogens with zero attached hydrogens (tertiary/aromatic N) is 2. The monoisotopic (exact) mass is 463 g/mol. The number of urea groups is 1. The van der Waals surface area contributed by atoms with E-state index in [1.807, 2.05) is 6.07 Å². The quantitative estimate of drug-likeness (QED) is 0.538. The highest BCUT2D eigenvalue weighted by atomic mass is 35.5. The predicted molar refractivity (Wildman–Crippen MR) is 112 cm³/mol. The fourth-order valence-corrected chi connectivity index (χ4v) is 4.86. The highest BCUT2D eigenvalue weighted by Gasteiger charge is 2.60. The van der Waals surface area contributed by atoms with Gasteiger partial charge < -0.3 is 14.6 Å². The molecule has 166 valence electrons. The molecule has 1 atom stereocenters. The number of carbonyl (C=O) groups excluding carboxylic acids is 2. The average molecular weight is 464 g/mol. The fourth-order valence-electron chi connectivity index (χ4n) is 4.69. The number of anilines is 1. The number of alkyl halides is 3. The number of nitrogens with one attached hydrogen (secondary N) is 1. The SMILES string of the molecule is COc1ccc2[nH]c3c(c2c1)CCN1C(=O)N(c2ccc(Cl)cc2C(F)(F)F)C(=O)[C@]31C. The Hall–Kier alpha value is -3.20. The number of ether oxygens (including phenoxy) is 1. The summed E-state index contributed by atoms with van der Waals surface area (Å²) in [5.41, 5.74) is -1.06. The van der Waals surface area contributed by atoms with E-state index >= 15 is 0 Å². The van der Waals surface area contributed by atoms with Gasteiger partial charge in [-0.1, -0.05) is 11.6 Å². The molecule has 6 nitrogen and oxygen atoms in total. The summed E-state index contributed by atoms with van der Waals surface area (Å²) in [7, 11) is 1.55. The Morgan fingerprint density at radius 1 is 1.16 bits per heavy atom. The summed E-state index contributed by atoms with van der Waals surface area (Å²) >= 11 is 5.77. The molecule has 0 bridgehead atoms. The molecule has 2 aliphatic heterocycles. The number of imide groups is 1. The van der Waals surface area contributed by atoms with Crippen LogP contribution in [0, 0.1) is 0 Å². The molecule has 1 fully saturated rings. The lowest BCUT2D eigenvalue weighted by Crippen LogP contribution is -2.49. The third-order valence-electron chi connectivity index (χ3n) is 6.27. The molecule has 0 radical (unpaired) electrons. The van der Waals surface area contributed by atoms with E-state index in [2.05, 4.69) is 4.98 Å². The van der Waals surface area contributed by atoms with Gasteiger partial charge in [-0.05, 0) is 55.3 Å². The zero-order valence-electron chi connectivity index (χ0n) is 17.0. The number of amides is 3. The molecule has 3 aromatic rings. The second-order valence-electron chi connectivity index (χ2n) is 7.95. The van der Waals surface area contributed by atoms with Crippen molar-refractivity contribution in [2.45, 2.75) is 25.1 Å². The summed E-state index contributed by atoms with van der Waals surface area (Å²) in [5.74, 6) is -0.117. The molecule has 10 heteroatoms. The largest absolute Gasteiger partial charge is 0.497 e. The number of rotatable bonds is 2. The van der Waals surface area contributed by atoms with Crippen LogP contribution in [-0.2, 0) is 22.9 Å². The van der Waals surface area contributed by atoms with E-state index in [-0.39, 0.29) is 11.6 Å². The van der Waals surface area contributed by atoms with Gasteiger partial charge in [-0.15, -0.1) is 0 Å². The van der Waals surface area contributed by atoms with Crippen molar-refractivity contribution < 1.29 is 27.5 Å². The van der Waals surface area contributed by atoms with Gasteiger partial charge in [-0.25, -0.2) is 9.69 Å². The van der Waals surface area contributed by atoms with Gasteiger partial charge in [0.25, 0.3) is 5.91 Å². The molecule has 2 aromatic carbocycles. The Morgan fingerprint density at radius 3 is 2.59 bits per heavy atom. The minimum absolute atomic E-state index is 0.143. The van der Waals surface area contributed by atoms with Crippen molar-refractivity contribution >= 4 is 40.1 Å². The first kappa shape index (κ1) is 20.7. The molecule has 1 saturated heterocycles. The second-order valence-corrected chi connectivity index (χ2v) is 8.38. The number of aromatic amines is 1. The van der Waals surface area contributed by atoms with Gasteiger partial charge in [0.1, 0.15) is 5.75 Å². The normalized spacial score (nSPS) is 20.7. The molecule has 0 spiro atoms. The summed E-state index contributed by atoms with van der Waals surface area (Å²) in [6.45, 7) is 1.74. The van der Waals surface area contributed by atoms with Crippen molar-refractivity contribution in [3.8, 4) is 5.75 Å². The minimum atomic E-state index is -4.80. The Kier molecular flexibility index (Phi) is 4.30. The van der Waals surface area contributed by atoms with Gasteiger partial charge in [-0.3, -0.25) is 4.79 Å². The number of hydrogen-bond acceptors (Lipinski definition) is 3. The summed E-state index contributed by atoms with van der Waals surface area (Å²) in [6.07, 6.45) is -4.36. The maximum atomic E-state index is 13.7. The van der Waals surface area contributed by atoms with Crippen molar-refractivity contribution in [1.82, 2.24) is 9.88 Å². The topological polar surface area (TPSA) is 65.6 Å². The fraction of sp³-hybridized carbons (Fsp3) is 0.273. The lowest BCUT2D eigenvalue weighted by molar-refractivity contribution is -0.137. The van der Waals surface area contributed by atoms with Gasteiger partial charge in [0, 0.05) is 22.5 Å². The predicted octanol–water partition coefficient (Wildman–Crippen LogP) is 5.09. The lowest BCUT2D eigenvalue weighted by atomic mass is 9.87. The number of hydrogen-bond donors (Lipinski definition) is 1. The zero-order chi connectivity index (χ0) is 23.0. The first-order valence-corrected chi connectivity index (χ1v) is 10.2. The van der Waals surface area contributed by atoms with Gasteiger partial charge in [-0.2, -0.15) is 13.2 Å². The van der Waals surface area contributed by atoms with Crippen molar-refractivity contribution in [2.24, 2.45) is 0 Å². The van der Waals surface area contributed by atoms with Gasteiger partial charge >= 0.3 is 12.2 Å². The number of fused-ring (bicyclic) bond motifs is 5. The van der Waals surface area contributed by atoms with E-state index in [9.17, 15) is 22.8 Å².